The van der Waals surface area contributed by atoms with E-state index < -0.39 is 49.4 Å². The van der Waals surface area contributed by atoms with Crippen LogP contribution in [0.15, 0.2) is 0 Å². The Morgan fingerprint density at radius 1 is 0.250 bits per heavy atom. The van der Waals surface area contributed by atoms with E-state index in [4.69, 9.17) is 0 Å². The minimum absolute atomic E-state index is 0. The van der Waals surface area contributed by atoms with Crippen LogP contribution in [0.4, 0.5) is 0 Å². The first-order valence-corrected chi connectivity index (χ1v) is 31.5. The molecule has 3 nitrogen and oxygen atoms in total. The molecule has 0 rings (SSSR count). The average Bonchev–Trinajstić information content (AvgIpc) is 1.96. The van der Waals surface area contributed by atoms with Crippen molar-refractivity contribution >= 4 is 49.4 Å². The molecule has 0 heterocycles. The zero-order valence-corrected chi connectivity index (χ0v) is 30.2. The summed E-state index contributed by atoms with van der Waals surface area (Å²) in [7, 11) is -5.89. The van der Waals surface area contributed by atoms with Crippen LogP contribution >= 0.6 is 0 Å². The molecule has 0 aliphatic carbocycles. The van der Waals surface area contributed by atoms with Crippen molar-refractivity contribution in [1.82, 2.24) is 13.9 Å². The van der Waals surface area contributed by atoms with Gasteiger partial charge in [0.05, 0.1) is 0 Å². The molecule has 0 unspecified atom stereocenters. The molecule has 0 aromatic carbocycles. The third-order valence-corrected chi connectivity index (χ3v) is 20.2. The van der Waals surface area contributed by atoms with Crippen molar-refractivity contribution in [2.45, 2.75) is 118 Å². The van der Waals surface area contributed by atoms with Crippen LogP contribution in [0.3, 0.4) is 0 Å². The number of nitrogens with one attached hydrogen (secondary N) is 3. The molecule has 0 aromatic rings. The smallest absolute Gasteiger partial charge is 0.109 e. The monoisotopic (exact) mass is 535 g/mol. The third-order valence-electron chi connectivity index (χ3n) is 2.25. The summed E-state index contributed by atoms with van der Waals surface area (Å²) in [6.45, 7) is 42.3. The van der Waals surface area contributed by atoms with Crippen LogP contribution in [0.5, 0.6) is 0 Å². The molecule has 0 bridgehead atoms. The van der Waals surface area contributed by atoms with Crippen molar-refractivity contribution in [3.05, 3.63) is 0 Å². The quantitative estimate of drug-likeness (QED) is 0.330. The molecule has 0 aliphatic heterocycles. The van der Waals surface area contributed by atoms with Crippen molar-refractivity contribution in [1.29, 1.82) is 0 Å². The van der Waals surface area contributed by atoms with Crippen LogP contribution in [0.1, 0.15) is 0 Å². The van der Waals surface area contributed by atoms with Crippen LogP contribution < -0.4 is 13.9 Å². The van der Waals surface area contributed by atoms with E-state index in [2.05, 4.69) is 132 Å². The summed E-state index contributed by atoms with van der Waals surface area (Å²) >= 11 is 0. The standard InChI is InChI=1S/3C6H19NSi2.Cr/c3*1-8(2,3)7-9(4,5)6;/h3*7H,1-6H3;. The van der Waals surface area contributed by atoms with Crippen LogP contribution in [-0.4, -0.2) is 49.4 Å². The minimum atomic E-state index is -0.981. The van der Waals surface area contributed by atoms with Gasteiger partial charge in [-0.25, -0.2) is 0 Å². The number of rotatable bonds is 6. The van der Waals surface area contributed by atoms with Crippen molar-refractivity contribution in [3.63, 3.8) is 0 Å². The van der Waals surface area contributed by atoms with Crippen molar-refractivity contribution in [3.8, 4) is 0 Å². The molecule has 10 heteroatoms. The van der Waals surface area contributed by atoms with Gasteiger partial charge in [0.15, 0.2) is 0 Å². The van der Waals surface area contributed by atoms with Crippen LogP contribution in [0.25, 0.3) is 0 Å². The van der Waals surface area contributed by atoms with Crippen LogP contribution in [0, 0.1) is 0 Å². The van der Waals surface area contributed by atoms with Gasteiger partial charge in [0.2, 0.25) is 0 Å². The molecule has 0 fully saturated rings. The second-order valence-corrected chi connectivity index (χ2v) is 43.9. The Balaban J connectivity index is -0.000000152. The van der Waals surface area contributed by atoms with Gasteiger partial charge in [-0.3, -0.25) is 0 Å². The van der Waals surface area contributed by atoms with Crippen molar-refractivity contribution < 1.29 is 17.4 Å². The molecule has 0 spiro atoms. The Labute approximate surface area is 197 Å². The Hall–Kier alpha value is 1.71. The van der Waals surface area contributed by atoms with E-state index in [1.807, 2.05) is 0 Å². The van der Waals surface area contributed by atoms with Gasteiger partial charge in [0.25, 0.3) is 0 Å². The van der Waals surface area contributed by atoms with Crippen LogP contribution in [0.2, 0.25) is 118 Å². The Kier molecular flexibility index (Phi) is 17.6. The average molecular weight is 536 g/mol. The van der Waals surface area contributed by atoms with Crippen LogP contribution in [-0.2, 0) is 17.4 Å². The zero-order valence-electron chi connectivity index (χ0n) is 22.9. The SMILES string of the molecule is C[Si](C)(C)N[Si](C)(C)C.C[Si](C)(C)N[Si](C)(C)C.C[Si](C)(C)N[Si](C)(C)C.[Cr]. The van der Waals surface area contributed by atoms with E-state index in [0.717, 1.165) is 0 Å². The van der Waals surface area contributed by atoms with E-state index in [1.165, 1.54) is 0 Å². The van der Waals surface area contributed by atoms with Gasteiger partial charge in [-0.15, -0.1) is 0 Å². The molecule has 28 heavy (non-hydrogen) atoms. The summed E-state index contributed by atoms with van der Waals surface area (Å²) in [5.41, 5.74) is 0. The first-order chi connectivity index (χ1) is 11.1. The van der Waals surface area contributed by atoms with E-state index in [0.29, 0.717) is 0 Å². The van der Waals surface area contributed by atoms with E-state index in [-0.39, 0.29) is 17.4 Å². The second kappa shape index (κ2) is 13.3. The van der Waals surface area contributed by atoms with Gasteiger partial charge in [0.1, 0.15) is 49.4 Å². The summed E-state index contributed by atoms with van der Waals surface area (Å²) in [4.78, 5) is 0. The molecular weight excluding hydrogens is 479 g/mol. The predicted molar refractivity (Wildman–Crippen MR) is 149 cm³/mol. The maximum Gasteiger partial charge on any atom is 0.109 e. The first kappa shape index (κ1) is 37.1. The zero-order chi connectivity index (χ0) is 23.1. The predicted octanol–water partition coefficient (Wildman–Crippen LogP) is 6.73. The van der Waals surface area contributed by atoms with Gasteiger partial charge in [-0.05, 0) is 0 Å². The van der Waals surface area contributed by atoms with Crippen molar-refractivity contribution in [2.24, 2.45) is 0 Å². The van der Waals surface area contributed by atoms with Gasteiger partial charge in [0, 0.05) is 17.4 Å². The topological polar surface area (TPSA) is 36.1 Å². The van der Waals surface area contributed by atoms with E-state index >= 15 is 0 Å². The van der Waals surface area contributed by atoms with Gasteiger partial charge in [-0.2, -0.15) is 0 Å². The fraction of sp³-hybridized carbons (Fsp3) is 1.00. The minimum Gasteiger partial charge on any atom is -0.360 e. The summed E-state index contributed by atoms with van der Waals surface area (Å²) in [6.07, 6.45) is 0. The van der Waals surface area contributed by atoms with E-state index in [9.17, 15) is 0 Å². The molecule has 0 atom stereocenters. The first-order valence-electron chi connectivity index (χ1n) is 10.5. The maximum atomic E-state index is 3.74. The Morgan fingerprint density at radius 2 is 0.321 bits per heavy atom. The molecule has 0 aromatic heterocycles. The molecule has 0 amide bonds. The van der Waals surface area contributed by atoms with Crippen molar-refractivity contribution in [2.75, 3.05) is 0 Å². The molecular formula is C18H57CrN3Si6. The molecule has 0 radical (unpaired) electrons. The Bertz CT molecular complexity index is 297. The summed E-state index contributed by atoms with van der Waals surface area (Å²) in [6, 6.07) is 0. The van der Waals surface area contributed by atoms with Gasteiger partial charge in [-0.1, -0.05) is 118 Å². The second-order valence-electron chi connectivity index (χ2n) is 13.9. The number of hydrogen-bond acceptors (Lipinski definition) is 3. The summed E-state index contributed by atoms with van der Waals surface area (Å²) < 4.78 is 11.2. The fourth-order valence-electron chi connectivity index (χ4n) is 3.38. The Morgan fingerprint density at radius 3 is 0.321 bits per heavy atom. The van der Waals surface area contributed by atoms with Gasteiger partial charge >= 0.3 is 0 Å². The summed E-state index contributed by atoms with van der Waals surface area (Å²) in [5, 5.41) is 0. The third kappa shape index (κ3) is 50.9. The largest absolute Gasteiger partial charge is 0.360 e. The number of hydrogen-bond donors (Lipinski definition) is 3. The maximum absolute atomic E-state index is 3.74. The molecule has 0 saturated heterocycles. The van der Waals surface area contributed by atoms with E-state index in [1.54, 1.807) is 0 Å². The normalized spacial score (nSPS) is 13.5. The van der Waals surface area contributed by atoms with Gasteiger partial charge < -0.3 is 13.9 Å². The molecule has 0 saturated carbocycles. The fourth-order valence-corrected chi connectivity index (χ4v) is 30.4. The molecule has 174 valence electrons. The molecule has 3 N–H and O–H groups in total. The summed E-state index contributed by atoms with van der Waals surface area (Å²) in [5.74, 6) is 0. The molecule has 0 aliphatic rings.